The Hall–Kier alpha value is -0.631. The van der Waals surface area contributed by atoms with Crippen molar-refractivity contribution in [2.24, 2.45) is 4.99 Å². The molecule has 1 heterocycles. The fourth-order valence-electron chi connectivity index (χ4n) is 2.59. The van der Waals surface area contributed by atoms with Crippen molar-refractivity contribution in [3.63, 3.8) is 0 Å². The molecule has 1 N–H and O–H groups in total. The molecule has 1 aliphatic carbocycles. The van der Waals surface area contributed by atoms with Crippen LogP contribution in [0.4, 0.5) is 0 Å². The Kier molecular flexibility index (Phi) is 2.86. The summed E-state index contributed by atoms with van der Waals surface area (Å²) in [5.41, 5.74) is 1.74. The molecule has 2 aliphatic rings. The van der Waals surface area contributed by atoms with E-state index in [4.69, 9.17) is 0 Å². The number of nitrogens with zero attached hydrogens (tertiary/aromatic N) is 1. The van der Waals surface area contributed by atoms with Crippen molar-refractivity contribution < 1.29 is 5.11 Å². The van der Waals surface area contributed by atoms with E-state index in [0.29, 0.717) is 19.8 Å². The number of hydrogen-bond acceptors (Lipinski definition) is 2. The predicted octanol–water partition coefficient (Wildman–Crippen LogP) is 2.51. The molecule has 1 aromatic carbocycles. The van der Waals surface area contributed by atoms with Crippen LogP contribution in [0, 0.1) is 6.92 Å². The second-order valence-corrected chi connectivity index (χ2v) is 7.81. The summed E-state index contributed by atoms with van der Waals surface area (Å²) in [6.45, 7) is 2.10. The number of aliphatic hydroxyl groups is 1. The fourth-order valence-corrected chi connectivity index (χ4v) is 5.62. The summed E-state index contributed by atoms with van der Waals surface area (Å²) in [5, 5.41) is 10.4. The minimum absolute atomic E-state index is 0.432. The Balaban J connectivity index is 1.95. The van der Waals surface area contributed by atoms with Gasteiger partial charge in [-0.15, -0.1) is 0 Å². The standard InChI is InChI=1S/C14H17NOSe/c1-10-4-6-11(7-5-10)13-15-14(16)8-2-3-12(9-14)17-13/h4-7,12,16H,2-3,8-9H2,1H3. The van der Waals surface area contributed by atoms with Gasteiger partial charge in [0.2, 0.25) is 0 Å². The summed E-state index contributed by atoms with van der Waals surface area (Å²) in [6.07, 6.45) is 4.14. The monoisotopic (exact) mass is 295 g/mol. The second kappa shape index (κ2) is 4.24. The van der Waals surface area contributed by atoms with Crippen LogP contribution in [0.25, 0.3) is 0 Å². The van der Waals surface area contributed by atoms with Crippen LogP contribution in [0.2, 0.25) is 4.82 Å². The van der Waals surface area contributed by atoms with Crippen molar-refractivity contribution in [3.05, 3.63) is 35.4 Å². The molecule has 3 heteroatoms. The molecule has 0 aromatic heterocycles. The molecule has 90 valence electrons. The Morgan fingerprint density at radius 2 is 2.12 bits per heavy atom. The number of rotatable bonds is 1. The third kappa shape index (κ3) is 2.33. The van der Waals surface area contributed by atoms with Gasteiger partial charge in [-0.1, -0.05) is 0 Å². The molecule has 0 radical (unpaired) electrons. The van der Waals surface area contributed by atoms with Crippen molar-refractivity contribution in [1.82, 2.24) is 0 Å². The summed E-state index contributed by atoms with van der Waals surface area (Å²) >= 11 is 0.432. The van der Waals surface area contributed by atoms with Crippen LogP contribution >= 0.6 is 0 Å². The molecule has 2 bridgehead atoms. The summed E-state index contributed by atoms with van der Waals surface area (Å²) in [6, 6.07) is 8.53. The Morgan fingerprint density at radius 3 is 2.82 bits per heavy atom. The van der Waals surface area contributed by atoms with Gasteiger partial charge in [0.05, 0.1) is 0 Å². The van der Waals surface area contributed by atoms with Crippen molar-refractivity contribution in [2.75, 3.05) is 0 Å². The molecule has 3 rings (SSSR count). The van der Waals surface area contributed by atoms with E-state index in [1.54, 1.807) is 0 Å². The zero-order valence-electron chi connectivity index (χ0n) is 10.0. The summed E-state index contributed by atoms with van der Waals surface area (Å²) in [7, 11) is 0. The van der Waals surface area contributed by atoms with Crippen molar-refractivity contribution in [1.29, 1.82) is 0 Å². The van der Waals surface area contributed by atoms with E-state index in [0.717, 1.165) is 23.9 Å². The third-order valence-corrected chi connectivity index (χ3v) is 6.24. The number of benzene rings is 1. The number of aryl methyl sites for hydroxylation is 1. The zero-order valence-corrected chi connectivity index (χ0v) is 11.7. The molecular formula is C14H17NOSe. The van der Waals surface area contributed by atoms with Gasteiger partial charge < -0.3 is 0 Å². The number of hydrogen-bond donors (Lipinski definition) is 1. The van der Waals surface area contributed by atoms with E-state index >= 15 is 0 Å². The van der Waals surface area contributed by atoms with E-state index in [2.05, 4.69) is 36.2 Å². The van der Waals surface area contributed by atoms with Gasteiger partial charge in [-0.2, -0.15) is 0 Å². The van der Waals surface area contributed by atoms with Gasteiger partial charge in [0.1, 0.15) is 0 Å². The van der Waals surface area contributed by atoms with Crippen molar-refractivity contribution >= 4 is 19.6 Å². The van der Waals surface area contributed by atoms with Crippen LogP contribution in [0.1, 0.15) is 36.8 Å². The van der Waals surface area contributed by atoms with Crippen LogP contribution in [-0.2, 0) is 0 Å². The average Bonchev–Trinajstić information content (AvgIpc) is 2.28. The van der Waals surface area contributed by atoms with E-state index < -0.39 is 5.72 Å². The van der Waals surface area contributed by atoms with Crippen LogP contribution in [0.15, 0.2) is 29.3 Å². The van der Waals surface area contributed by atoms with E-state index in [9.17, 15) is 5.11 Å². The van der Waals surface area contributed by atoms with E-state index in [1.165, 1.54) is 17.5 Å². The maximum absolute atomic E-state index is 10.4. The van der Waals surface area contributed by atoms with E-state index in [-0.39, 0.29) is 0 Å². The Labute approximate surface area is 108 Å². The van der Waals surface area contributed by atoms with Gasteiger partial charge >= 0.3 is 108 Å². The quantitative estimate of drug-likeness (QED) is 0.793. The Morgan fingerprint density at radius 1 is 1.35 bits per heavy atom. The first kappa shape index (κ1) is 11.5. The molecular weight excluding hydrogens is 277 g/mol. The van der Waals surface area contributed by atoms with Gasteiger partial charge in [0.15, 0.2) is 0 Å². The molecule has 2 atom stereocenters. The molecule has 0 spiro atoms. The number of fused-ring (bicyclic) bond motifs is 2. The molecule has 1 aliphatic heterocycles. The first-order valence-electron chi connectivity index (χ1n) is 6.21. The number of aliphatic imine (C=N–C) groups is 1. The van der Waals surface area contributed by atoms with E-state index in [1.807, 2.05) is 0 Å². The van der Waals surface area contributed by atoms with Crippen LogP contribution in [0.5, 0.6) is 0 Å². The van der Waals surface area contributed by atoms with Crippen LogP contribution in [0.3, 0.4) is 0 Å². The molecule has 2 nitrogen and oxygen atoms in total. The molecule has 1 fully saturated rings. The first-order chi connectivity index (χ1) is 8.15. The summed E-state index contributed by atoms with van der Waals surface area (Å²) in [4.78, 5) is 5.32. The molecule has 2 unspecified atom stereocenters. The van der Waals surface area contributed by atoms with Gasteiger partial charge in [0.25, 0.3) is 0 Å². The molecule has 1 aromatic rings. The Bertz CT molecular complexity index is 454. The van der Waals surface area contributed by atoms with Gasteiger partial charge in [-0.3, -0.25) is 0 Å². The van der Waals surface area contributed by atoms with Crippen LogP contribution in [-0.4, -0.2) is 30.4 Å². The summed E-state index contributed by atoms with van der Waals surface area (Å²) < 4.78 is 1.16. The zero-order chi connectivity index (χ0) is 11.9. The maximum atomic E-state index is 10.4. The molecule has 0 amide bonds. The second-order valence-electron chi connectivity index (χ2n) is 5.10. The SMILES string of the molecule is Cc1ccc(C2=NC3(O)CCCC(C3)[Se]2)cc1. The molecule has 0 saturated heterocycles. The predicted molar refractivity (Wildman–Crippen MR) is 70.6 cm³/mol. The van der Waals surface area contributed by atoms with Crippen LogP contribution < -0.4 is 0 Å². The molecule has 17 heavy (non-hydrogen) atoms. The average molecular weight is 294 g/mol. The fraction of sp³-hybridized carbons (Fsp3) is 0.500. The van der Waals surface area contributed by atoms with Gasteiger partial charge in [0, 0.05) is 0 Å². The van der Waals surface area contributed by atoms with Gasteiger partial charge in [-0.05, 0) is 0 Å². The topological polar surface area (TPSA) is 32.6 Å². The van der Waals surface area contributed by atoms with Crippen molar-refractivity contribution in [3.8, 4) is 0 Å². The minimum atomic E-state index is -0.747. The summed E-state index contributed by atoms with van der Waals surface area (Å²) in [5.74, 6) is 0. The molecule has 1 saturated carbocycles. The normalized spacial score (nSPS) is 32.1. The first-order valence-corrected chi connectivity index (χ1v) is 8.05. The third-order valence-electron chi connectivity index (χ3n) is 3.54. The van der Waals surface area contributed by atoms with Crippen molar-refractivity contribution in [2.45, 2.75) is 43.1 Å². The van der Waals surface area contributed by atoms with Gasteiger partial charge in [-0.25, -0.2) is 0 Å².